The van der Waals surface area contributed by atoms with E-state index in [0.29, 0.717) is 11.1 Å². The van der Waals surface area contributed by atoms with E-state index < -0.39 is 15.5 Å². The lowest BCUT2D eigenvalue weighted by molar-refractivity contribution is 0.472. The van der Waals surface area contributed by atoms with Crippen molar-refractivity contribution in [1.29, 1.82) is 0 Å². The second kappa shape index (κ2) is 6.98. The molecule has 0 aliphatic heterocycles. The molecule has 3 aromatic carbocycles. The van der Waals surface area contributed by atoms with Gasteiger partial charge < -0.3 is 8.60 Å². The molecular weight excluding hydrogens is 376 g/mol. The lowest BCUT2D eigenvalue weighted by Gasteiger charge is -2.12. The summed E-state index contributed by atoms with van der Waals surface area (Å²) in [7, 11) is -4.21. The molecule has 0 radical (unpaired) electrons. The fourth-order valence-electron chi connectivity index (χ4n) is 2.84. The van der Waals surface area contributed by atoms with Crippen LogP contribution in [0.15, 0.2) is 93.0 Å². The van der Waals surface area contributed by atoms with Crippen molar-refractivity contribution in [3.63, 3.8) is 0 Å². The van der Waals surface area contributed by atoms with Crippen LogP contribution in [0.2, 0.25) is 0 Å². The van der Waals surface area contributed by atoms with Gasteiger partial charge in [-0.3, -0.25) is 4.79 Å². The van der Waals surface area contributed by atoms with E-state index in [0.717, 1.165) is 5.56 Å². The zero-order valence-corrected chi connectivity index (χ0v) is 15.8. The van der Waals surface area contributed by atoms with Gasteiger partial charge in [-0.1, -0.05) is 60.2 Å². The van der Waals surface area contributed by atoms with Crippen LogP contribution in [0.3, 0.4) is 0 Å². The van der Waals surface area contributed by atoms with Gasteiger partial charge in [0.25, 0.3) is 0 Å². The van der Waals surface area contributed by atoms with Crippen molar-refractivity contribution in [3.8, 4) is 17.1 Å². The Bertz CT molecular complexity index is 1300. The smallest absolute Gasteiger partial charge is 0.339 e. The van der Waals surface area contributed by atoms with Crippen LogP contribution in [0.1, 0.15) is 5.56 Å². The van der Waals surface area contributed by atoms with Crippen LogP contribution >= 0.6 is 0 Å². The van der Waals surface area contributed by atoms with Gasteiger partial charge in [0.15, 0.2) is 5.76 Å². The zero-order chi connectivity index (χ0) is 19.7. The van der Waals surface area contributed by atoms with Crippen LogP contribution in [0, 0.1) is 6.92 Å². The summed E-state index contributed by atoms with van der Waals surface area (Å²) >= 11 is 0. The van der Waals surface area contributed by atoms with E-state index in [-0.39, 0.29) is 21.8 Å². The van der Waals surface area contributed by atoms with Crippen molar-refractivity contribution < 1.29 is 17.0 Å². The predicted octanol–water partition coefficient (Wildman–Crippen LogP) is 4.54. The van der Waals surface area contributed by atoms with E-state index in [1.807, 2.05) is 13.0 Å². The molecule has 0 saturated heterocycles. The molecular formula is C22H16O5S. The number of rotatable bonds is 4. The molecule has 0 aliphatic rings. The maximum Gasteiger partial charge on any atom is 0.339 e. The van der Waals surface area contributed by atoms with Crippen LogP contribution in [0.25, 0.3) is 22.3 Å². The van der Waals surface area contributed by atoms with E-state index in [9.17, 15) is 13.2 Å². The molecule has 5 nitrogen and oxygen atoms in total. The Morgan fingerprint density at radius 1 is 0.821 bits per heavy atom. The van der Waals surface area contributed by atoms with Crippen molar-refractivity contribution in [2.75, 3.05) is 0 Å². The molecule has 0 saturated carbocycles. The molecule has 0 bridgehead atoms. The second-order valence-corrected chi connectivity index (χ2v) is 7.85. The van der Waals surface area contributed by atoms with Gasteiger partial charge in [0.05, 0.1) is 5.39 Å². The normalized spacial score (nSPS) is 11.5. The van der Waals surface area contributed by atoms with Crippen LogP contribution in [0.4, 0.5) is 0 Å². The summed E-state index contributed by atoms with van der Waals surface area (Å²) in [6.07, 6.45) is 0. The number of benzene rings is 3. The number of para-hydroxylation sites is 1. The number of aryl methyl sites for hydroxylation is 1. The summed E-state index contributed by atoms with van der Waals surface area (Å²) in [4.78, 5) is 13.0. The quantitative estimate of drug-likeness (QED) is 0.477. The first-order chi connectivity index (χ1) is 13.5. The average Bonchev–Trinajstić information content (AvgIpc) is 2.71. The number of fused-ring (bicyclic) bond motifs is 1. The van der Waals surface area contributed by atoms with E-state index >= 15 is 0 Å². The standard InChI is InChI=1S/C22H16O5S/c1-15-11-13-17(14-12-15)28(24,25)27-22-20(23)18-9-5-6-10-19(18)26-21(22)16-7-3-2-4-8-16/h2-14H,1H3. The molecule has 0 unspecified atom stereocenters. The molecule has 28 heavy (non-hydrogen) atoms. The summed E-state index contributed by atoms with van der Waals surface area (Å²) < 4.78 is 36.8. The molecule has 0 amide bonds. The highest BCUT2D eigenvalue weighted by atomic mass is 32.2. The molecule has 1 aromatic heterocycles. The van der Waals surface area contributed by atoms with Crippen molar-refractivity contribution >= 4 is 21.1 Å². The third-order valence-corrected chi connectivity index (χ3v) is 5.53. The maximum atomic E-state index is 13.0. The monoisotopic (exact) mass is 392 g/mol. The summed E-state index contributed by atoms with van der Waals surface area (Å²) in [6, 6.07) is 21.6. The van der Waals surface area contributed by atoms with Gasteiger partial charge in [-0.15, -0.1) is 0 Å². The van der Waals surface area contributed by atoms with Gasteiger partial charge in [0, 0.05) is 5.56 Å². The lowest BCUT2D eigenvalue weighted by Crippen LogP contribution is -2.16. The summed E-state index contributed by atoms with van der Waals surface area (Å²) in [5.41, 5.74) is 1.26. The number of hydrogen-bond donors (Lipinski definition) is 0. The van der Waals surface area contributed by atoms with Gasteiger partial charge in [0.2, 0.25) is 11.2 Å². The van der Waals surface area contributed by atoms with Gasteiger partial charge in [-0.05, 0) is 31.2 Å². The zero-order valence-electron chi connectivity index (χ0n) is 15.0. The predicted molar refractivity (Wildman–Crippen MR) is 107 cm³/mol. The molecule has 0 fully saturated rings. The van der Waals surface area contributed by atoms with Crippen molar-refractivity contribution in [2.24, 2.45) is 0 Å². The van der Waals surface area contributed by atoms with Crippen molar-refractivity contribution in [3.05, 3.63) is 94.6 Å². The highest BCUT2D eigenvalue weighted by Gasteiger charge is 2.24. The highest BCUT2D eigenvalue weighted by molar-refractivity contribution is 7.87. The second-order valence-electron chi connectivity index (χ2n) is 6.30. The molecule has 0 aliphatic carbocycles. The molecule has 0 spiro atoms. The number of hydrogen-bond acceptors (Lipinski definition) is 5. The van der Waals surface area contributed by atoms with Crippen LogP contribution < -0.4 is 9.61 Å². The first-order valence-electron chi connectivity index (χ1n) is 8.58. The summed E-state index contributed by atoms with van der Waals surface area (Å²) in [5.74, 6) is -0.287. The minimum atomic E-state index is -4.21. The Balaban J connectivity index is 1.93. The summed E-state index contributed by atoms with van der Waals surface area (Å²) in [5, 5.41) is 0.247. The molecule has 4 rings (SSSR count). The minimum Gasteiger partial charge on any atom is -0.452 e. The lowest BCUT2D eigenvalue weighted by atomic mass is 10.1. The molecule has 0 N–H and O–H groups in total. The first kappa shape index (κ1) is 18.0. The van der Waals surface area contributed by atoms with Crippen LogP contribution in [-0.4, -0.2) is 8.42 Å². The maximum absolute atomic E-state index is 13.0. The first-order valence-corrected chi connectivity index (χ1v) is 9.99. The molecule has 0 atom stereocenters. The topological polar surface area (TPSA) is 73.6 Å². The Kier molecular flexibility index (Phi) is 4.49. The van der Waals surface area contributed by atoms with Crippen molar-refractivity contribution in [1.82, 2.24) is 0 Å². The van der Waals surface area contributed by atoms with Gasteiger partial charge in [-0.25, -0.2) is 0 Å². The highest BCUT2D eigenvalue weighted by Crippen LogP contribution is 2.32. The van der Waals surface area contributed by atoms with Crippen molar-refractivity contribution in [2.45, 2.75) is 11.8 Å². The largest absolute Gasteiger partial charge is 0.452 e. The Hall–Kier alpha value is -3.38. The summed E-state index contributed by atoms with van der Waals surface area (Å²) in [6.45, 7) is 1.85. The van der Waals surface area contributed by atoms with E-state index in [1.54, 1.807) is 60.7 Å². The van der Waals surface area contributed by atoms with E-state index in [1.165, 1.54) is 12.1 Å². The minimum absolute atomic E-state index is 0.0373. The Morgan fingerprint density at radius 2 is 1.46 bits per heavy atom. The van der Waals surface area contributed by atoms with Gasteiger partial charge >= 0.3 is 10.1 Å². The van der Waals surface area contributed by atoms with E-state index in [2.05, 4.69) is 0 Å². The molecule has 4 aromatic rings. The molecule has 6 heteroatoms. The SMILES string of the molecule is Cc1ccc(S(=O)(=O)Oc2c(-c3ccccc3)oc3ccccc3c2=O)cc1. The van der Waals surface area contributed by atoms with Gasteiger partial charge in [0.1, 0.15) is 10.5 Å². The van der Waals surface area contributed by atoms with Crippen LogP contribution in [-0.2, 0) is 10.1 Å². The fourth-order valence-corrected chi connectivity index (χ4v) is 3.78. The van der Waals surface area contributed by atoms with Crippen LogP contribution in [0.5, 0.6) is 5.75 Å². The third-order valence-electron chi connectivity index (χ3n) is 4.29. The third kappa shape index (κ3) is 3.30. The van der Waals surface area contributed by atoms with Gasteiger partial charge in [-0.2, -0.15) is 8.42 Å². The Morgan fingerprint density at radius 3 is 2.18 bits per heavy atom. The molecule has 140 valence electrons. The fraction of sp³-hybridized carbons (Fsp3) is 0.0455. The molecule has 1 heterocycles. The Labute approximate surface area is 162 Å². The van der Waals surface area contributed by atoms with E-state index in [4.69, 9.17) is 8.60 Å². The average molecular weight is 392 g/mol.